The molecule has 0 spiro atoms. The summed E-state index contributed by atoms with van der Waals surface area (Å²) in [4.78, 5) is 11.1. The molecule has 1 rings (SSSR count). The topological polar surface area (TPSA) is 17.1 Å². The fraction of sp³-hybridized carbons (Fsp3) is 0.300. The lowest BCUT2D eigenvalue weighted by molar-refractivity contribution is -0.116. The van der Waals surface area contributed by atoms with Crippen LogP contribution in [0.1, 0.15) is 22.9 Å². The van der Waals surface area contributed by atoms with E-state index in [1.807, 2.05) is 18.2 Å². The lowest BCUT2D eigenvalue weighted by Crippen LogP contribution is -2.06. The van der Waals surface area contributed by atoms with Crippen LogP contribution in [0.2, 0.25) is 0 Å². The van der Waals surface area contributed by atoms with E-state index in [4.69, 9.17) is 0 Å². The van der Waals surface area contributed by atoms with Gasteiger partial charge < -0.3 is 0 Å². The van der Waals surface area contributed by atoms with E-state index in [0.29, 0.717) is 0 Å². The van der Waals surface area contributed by atoms with E-state index in [1.54, 1.807) is 6.92 Å². The van der Waals surface area contributed by atoms with Crippen LogP contribution >= 0.6 is 54.5 Å². The number of hydrogen-bond donors (Lipinski definition) is 0. The van der Waals surface area contributed by atoms with Gasteiger partial charge in [-0.15, -0.1) is 0 Å². The van der Waals surface area contributed by atoms with Crippen LogP contribution in [0.4, 0.5) is 0 Å². The molecule has 0 heterocycles. The molecule has 0 bridgehead atoms. The number of carbonyl (C=O) groups excluding carboxylic acids is 1. The van der Waals surface area contributed by atoms with Gasteiger partial charge in [-0.2, -0.15) is 0 Å². The number of alkyl halides is 2. The molecular formula is C10H9Br2IO. The third-order valence-corrected chi connectivity index (χ3v) is 4.54. The zero-order chi connectivity index (χ0) is 10.7. The van der Waals surface area contributed by atoms with Crippen LogP contribution in [-0.4, -0.2) is 5.78 Å². The first-order chi connectivity index (χ1) is 6.57. The Morgan fingerprint density at radius 2 is 2.21 bits per heavy atom. The molecule has 1 unspecified atom stereocenters. The minimum atomic E-state index is -0.192. The number of hydrogen-bond acceptors (Lipinski definition) is 1. The van der Waals surface area contributed by atoms with Gasteiger partial charge in [0, 0.05) is 8.90 Å². The Morgan fingerprint density at radius 3 is 2.71 bits per heavy atom. The van der Waals surface area contributed by atoms with Gasteiger partial charge in [-0.05, 0) is 46.7 Å². The van der Waals surface area contributed by atoms with E-state index in [9.17, 15) is 4.79 Å². The van der Waals surface area contributed by atoms with Gasteiger partial charge in [0.1, 0.15) is 5.78 Å². The number of rotatable bonds is 3. The Kier molecular flexibility index (Phi) is 5.06. The summed E-state index contributed by atoms with van der Waals surface area (Å²) in [7, 11) is 0. The van der Waals surface area contributed by atoms with E-state index in [1.165, 1.54) is 0 Å². The summed E-state index contributed by atoms with van der Waals surface area (Å²) >= 11 is 9.10. The molecule has 1 aromatic carbocycles. The molecule has 1 aromatic rings. The standard InChI is InChI=1S/C10H9Br2IO/c1-6(14)10(12)9-7(5-11)3-2-4-8(9)13/h2-4,10H,5H2,1H3. The Balaban J connectivity index is 3.23. The molecule has 1 nitrogen and oxygen atoms in total. The van der Waals surface area contributed by atoms with Gasteiger partial charge in [0.05, 0.1) is 4.83 Å². The highest BCUT2D eigenvalue weighted by atomic mass is 127. The Hall–Kier alpha value is 0.580. The highest BCUT2D eigenvalue weighted by Crippen LogP contribution is 2.32. The second kappa shape index (κ2) is 5.61. The molecule has 1 atom stereocenters. The van der Waals surface area contributed by atoms with Crippen molar-refractivity contribution in [3.05, 3.63) is 32.9 Å². The largest absolute Gasteiger partial charge is 0.298 e. The first-order valence-corrected chi connectivity index (χ1v) is 7.17. The van der Waals surface area contributed by atoms with E-state index in [0.717, 1.165) is 20.0 Å². The van der Waals surface area contributed by atoms with Gasteiger partial charge >= 0.3 is 0 Å². The van der Waals surface area contributed by atoms with Crippen molar-refractivity contribution >= 4 is 60.2 Å². The quantitative estimate of drug-likeness (QED) is 0.517. The lowest BCUT2D eigenvalue weighted by atomic mass is 10.0. The van der Waals surface area contributed by atoms with Crippen LogP contribution in [0.15, 0.2) is 18.2 Å². The zero-order valence-corrected chi connectivity index (χ0v) is 12.9. The van der Waals surface area contributed by atoms with Crippen molar-refractivity contribution < 1.29 is 4.79 Å². The van der Waals surface area contributed by atoms with Gasteiger partial charge in [-0.25, -0.2) is 0 Å². The molecule has 4 heteroatoms. The molecule has 0 saturated heterocycles. The zero-order valence-electron chi connectivity index (χ0n) is 7.56. The highest BCUT2D eigenvalue weighted by Gasteiger charge is 2.18. The van der Waals surface area contributed by atoms with Crippen LogP contribution in [0.5, 0.6) is 0 Å². The average Bonchev–Trinajstić information content (AvgIpc) is 2.16. The van der Waals surface area contributed by atoms with Gasteiger partial charge in [0.15, 0.2) is 0 Å². The van der Waals surface area contributed by atoms with E-state index in [2.05, 4.69) is 54.5 Å². The van der Waals surface area contributed by atoms with Crippen molar-refractivity contribution in [2.24, 2.45) is 0 Å². The van der Waals surface area contributed by atoms with Gasteiger partial charge in [0.25, 0.3) is 0 Å². The first-order valence-electron chi connectivity index (χ1n) is 4.05. The number of ketones is 1. The maximum absolute atomic E-state index is 11.3. The first kappa shape index (κ1) is 12.6. The Labute approximate surface area is 114 Å². The molecule has 0 N–H and O–H groups in total. The third-order valence-electron chi connectivity index (χ3n) is 1.90. The second-order valence-corrected chi connectivity index (χ2v) is 5.56. The minimum absolute atomic E-state index is 0.135. The van der Waals surface area contributed by atoms with Crippen LogP contribution in [0.25, 0.3) is 0 Å². The van der Waals surface area contributed by atoms with Crippen molar-refractivity contribution in [1.82, 2.24) is 0 Å². The van der Waals surface area contributed by atoms with Gasteiger partial charge in [-0.3, -0.25) is 4.79 Å². The monoisotopic (exact) mass is 430 g/mol. The van der Waals surface area contributed by atoms with Crippen molar-refractivity contribution in [3.63, 3.8) is 0 Å². The summed E-state index contributed by atoms with van der Waals surface area (Å²) in [5.74, 6) is 0.135. The fourth-order valence-corrected chi connectivity index (χ4v) is 3.51. The smallest absolute Gasteiger partial charge is 0.147 e. The van der Waals surface area contributed by atoms with Crippen LogP contribution < -0.4 is 0 Å². The van der Waals surface area contributed by atoms with E-state index in [-0.39, 0.29) is 10.6 Å². The molecule has 0 aromatic heterocycles. The summed E-state index contributed by atoms with van der Waals surface area (Å²) in [6.07, 6.45) is 0. The number of halogens is 3. The van der Waals surface area contributed by atoms with Crippen molar-refractivity contribution in [2.45, 2.75) is 17.1 Å². The molecule has 0 fully saturated rings. The van der Waals surface area contributed by atoms with Crippen molar-refractivity contribution in [3.8, 4) is 0 Å². The minimum Gasteiger partial charge on any atom is -0.298 e. The molecule has 0 saturated carbocycles. The lowest BCUT2D eigenvalue weighted by Gasteiger charge is -2.13. The molecule has 14 heavy (non-hydrogen) atoms. The molecular weight excluding hydrogens is 423 g/mol. The van der Waals surface area contributed by atoms with E-state index >= 15 is 0 Å². The predicted octanol–water partition coefficient (Wildman–Crippen LogP) is 4.21. The number of Topliss-reactive ketones (excluding diaryl/α,β-unsaturated/α-hetero) is 1. The SMILES string of the molecule is CC(=O)C(Br)c1c(I)cccc1CBr. The normalized spacial score (nSPS) is 12.6. The molecule has 76 valence electrons. The summed E-state index contributed by atoms with van der Waals surface area (Å²) in [5, 5.41) is 0.772. The van der Waals surface area contributed by atoms with Crippen LogP contribution in [-0.2, 0) is 10.1 Å². The maximum atomic E-state index is 11.3. The molecule has 0 radical (unpaired) electrons. The molecule has 0 aliphatic heterocycles. The number of carbonyl (C=O) groups is 1. The van der Waals surface area contributed by atoms with Crippen molar-refractivity contribution in [1.29, 1.82) is 0 Å². The van der Waals surface area contributed by atoms with Crippen LogP contribution in [0.3, 0.4) is 0 Å². The number of benzene rings is 1. The van der Waals surface area contributed by atoms with Gasteiger partial charge in [-0.1, -0.05) is 44.0 Å². The molecule has 0 aliphatic rings. The fourth-order valence-electron chi connectivity index (χ4n) is 1.19. The third kappa shape index (κ3) is 2.79. The summed E-state index contributed by atoms with van der Waals surface area (Å²) < 4.78 is 1.12. The summed E-state index contributed by atoms with van der Waals surface area (Å²) in [6, 6.07) is 6.05. The van der Waals surface area contributed by atoms with Crippen molar-refractivity contribution in [2.75, 3.05) is 0 Å². The van der Waals surface area contributed by atoms with Crippen LogP contribution in [0, 0.1) is 3.57 Å². The Morgan fingerprint density at radius 1 is 1.57 bits per heavy atom. The molecule has 0 amide bonds. The summed E-state index contributed by atoms with van der Waals surface area (Å²) in [5.41, 5.74) is 2.24. The van der Waals surface area contributed by atoms with Gasteiger partial charge in [0.2, 0.25) is 0 Å². The Bertz CT molecular complexity index is 352. The maximum Gasteiger partial charge on any atom is 0.147 e. The average molecular weight is 432 g/mol. The second-order valence-electron chi connectivity index (χ2n) is 2.92. The molecule has 0 aliphatic carbocycles. The van der Waals surface area contributed by atoms with E-state index < -0.39 is 0 Å². The highest BCUT2D eigenvalue weighted by molar-refractivity contribution is 14.1. The predicted molar refractivity (Wildman–Crippen MR) is 74.1 cm³/mol. The summed E-state index contributed by atoms with van der Waals surface area (Å²) in [6.45, 7) is 1.60.